The fraction of sp³-hybridized carbons (Fsp3) is 0.333. The van der Waals surface area contributed by atoms with Crippen LogP contribution in [0.15, 0.2) is 28.7 Å². The van der Waals surface area contributed by atoms with Gasteiger partial charge in [0.1, 0.15) is 0 Å². The van der Waals surface area contributed by atoms with E-state index in [1.165, 1.54) is 4.90 Å². The molecule has 1 amide bonds. The molecule has 0 atom stereocenters. The van der Waals surface area contributed by atoms with E-state index in [0.29, 0.717) is 12.1 Å². The summed E-state index contributed by atoms with van der Waals surface area (Å²) in [6.07, 6.45) is -0.0316. The topological polar surface area (TPSA) is 57.6 Å². The highest BCUT2D eigenvalue weighted by Gasteiger charge is 2.14. The second-order valence-corrected chi connectivity index (χ2v) is 4.45. The second kappa shape index (κ2) is 6.39. The van der Waals surface area contributed by atoms with Gasteiger partial charge in [-0.05, 0) is 31.2 Å². The number of carbonyl (C=O) groups excluding carboxylic acids is 1. The Morgan fingerprint density at radius 1 is 1.29 bits per heavy atom. The van der Waals surface area contributed by atoms with Gasteiger partial charge in [0.15, 0.2) is 0 Å². The van der Waals surface area contributed by atoms with Crippen molar-refractivity contribution in [3.63, 3.8) is 0 Å². The number of halogens is 1. The first kappa shape index (κ1) is 13.7. The maximum absolute atomic E-state index is 12.0. The summed E-state index contributed by atoms with van der Waals surface area (Å²) in [5.74, 6) is -1.03. The lowest BCUT2D eigenvalue weighted by Gasteiger charge is -2.19. The van der Waals surface area contributed by atoms with Crippen LogP contribution in [-0.2, 0) is 4.79 Å². The molecule has 0 aliphatic carbocycles. The van der Waals surface area contributed by atoms with Gasteiger partial charge in [0.2, 0.25) is 0 Å². The zero-order chi connectivity index (χ0) is 12.8. The number of carboxylic acid groups (broad SMARTS) is 1. The van der Waals surface area contributed by atoms with Crippen LogP contribution in [-0.4, -0.2) is 35.0 Å². The zero-order valence-corrected chi connectivity index (χ0v) is 11.1. The van der Waals surface area contributed by atoms with Gasteiger partial charge in [-0.25, -0.2) is 0 Å². The van der Waals surface area contributed by atoms with Crippen LogP contribution in [0.2, 0.25) is 0 Å². The summed E-state index contributed by atoms with van der Waals surface area (Å²) in [5, 5.41) is 8.60. The molecular weight excluding hydrogens is 286 g/mol. The Bertz CT molecular complexity index is 403. The van der Waals surface area contributed by atoms with Gasteiger partial charge >= 0.3 is 5.97 Å². The Kier molecular flexibility index (Phi) is 5.15. The van der Waals surface area contributed by atoms with Gasteiger partial charge in [-0.1, -0.05) is 15.9 Å². The van der Waals surface area contributed by atoms with Gasteiger partial charge in [0.05, 0.1) is 6.42 Å². The summed E-state index contributed by atoms with van der Waals surface area (Å²) in [6.45, 7) is 2.57. The first-order chi connectivity index (χ1) is 8.04. The Balaban J connectivity index is 2.71. The first-order valence-corrected chi connectivity index (χ1v) is 6.10. The molecule has 0 aromatic heterocycles. The minimum Gasteiger partial charge on any atom is -0.481 e. The lowest BCUT2D eigenvalue weighted by atomic mass is 10.2. The molecule has 1 aromatic rings. The molecule has 0 aliphatic heterocycles. The monoisotopic (exact) mass is 299 g/mol. The predicted molar refractivity (Wildman–Crippen MR) is 68.0 cm³/mol. The van der Waals surface area contributed by atoms with Crippen molar-refractivity contribution in [2.24, 2.45) is 0 Å². The first-order valence-electron chi connectivity index (χ1n) is 5.31. The van der Waals surface area contributed by atoms with Crippen molar-refractivity contribution in [3.05, 3.63) is 34.3 Å². The molecule has 0 heterocycles. The summed E-state index contributed by atoms with van der Waals surface area (Å²) in [4.78, 5) is 24.0. The van der Waals surface area contributed by atoms with Crippen LogP contribution in [0.1, 0.15) is 23.7 Å². The average molecular weight is 300 g/mol. The van der Waals surface area contributed by atoms with Crippen molar-refractivity contribution in [1.82, 2.24) is 4.90 Å². The van der Waals surface area contributed by atoms with E-state index in [4.69, 9.17) is 5.11 Å². The summed E-state index contributed by atoms with van der Waals surface area (Å²) < 4.78 is 0.905. The van der Waals surface area contributed by atoms with Crippen LogP contribution < -0.4 is 0 Å². The van der Waals surface area contributed by atoms with E-state index in [2.05, 4.69) is 15.9 Å². The Labute approximate surface area is 108 Å². The third kappa shape index (κ3) is 4.19. The zero-order valence-electron chi connectivity index (χ0n) is 9.52. The minimum atomic E-state index is -0.896. The van der Waals surface area contributed by atoms with E-state index in [0.717, 1.165) is 4.47 Å². The van der Waals surface area contributed by atoms with Crippen LogP contribution in [0.3, 0.4) is 0 Å². The third-order valence-electron chi connectivity index (χ3n) is 2.36. The molecule has 17 heavy (non-hydrogen) atoms. The SMILES string of the molecule is CCN(CCC(=O)O)C(=O)c1ccc(Br)cc1. The molecule has 4 nitrogen and oxygen atoms in total. The maximum atomic E-state index is 12.0. The number of hydrogen-bond acceptors (Lipinski definition) is 2. The van der Waals surface area contributed by atoms with Crippen molar-refractivity contribution < 1.29 is 14.7 Å². The van der Waals surface area contributed by atoms with E-state index in [9.17, 15) is 9.59 Å². The molecule has 0 radical (unpaired) electrons. The highest BCUT2D eigenvalue weighted by molar-refractivity contribution is 9.10. The van der Waals surface area contributed by atoms with Crippen LogP contribution >= 0.6 is 15.9 Å². The van der Waals surface area contributed by atoms with Crippen LogP contribution in [0.25, 0.3) is 0 Å². The number of nitrogens with zero attached hydrogens (tertiary/aromatic N) is 1. The summed E-state index contributed by atoms with van der Waals surface area (Å²) in [6, 6.07) is 7.02. The fourth-order valence-corrected chi connectivity index (χ4v) is 1.67. The molecule has 0 aliphatic rings. The molecule has 0 saturated heterocycles. The third-order valence-corrected chi connectivity index (χ3v) is 2.88. The maximum Gasteiger partial charge on any atom is 0.305 e. The van der Waals surface area contributed by atoms with Gasteiger partial charge in [0.25, 0.3) is 5.91 Å². The Morgan fingerprint density at radius 3 is 2.35 bits per heavy atom. The highest BCUT2D eigenvalue weighted by atomic mass is 79.9. The molecule has 5 heteroatoms. The number of carbonyl (C=O) groups is 2. The van der Waals surface area contributed by atoms with Gasteiger partial charge in [-0.15, -0.1) is 0 Å². The van der Waals surface area contributed by atoms with Gasteiger partial charge in [-0.2, -0.15) is 0 Å². The standard InChI is InChI=1S/C12H14BrNO3/c1-2-14(8-7-11(15)16)12(17)9-3-5-10(13)6-4-9/h3-6H,2,7-8H2,1H3,(H,15,16). The fourth-order valence-electron chi connectivity index (χ4n) is 1.41. The molecule has 0 fully saturated rings. The molecule has 0 saturated carbocycles. The van der Waals surface area contributed by atoms with Crippen molar-refractivity contribution in [1.29, 1.82) is 0 Å². The molecule has 0 bridgehead atoms. The molecule has 1 rings (SSSR count). The number of amides is 1. The lowest BCUT2D eigenvalue weighted by molar-refractivity contribution is -0.137. The lowest BCUT2D eigenvalue weighted by Crippen LogP contribution is -2.32. The van der Waals surface area contributed by atoms with E-state index < -0.39 is 5.97 Å². The molecular formula is C12H14BrNO3. The second-order valence-electron chi connectivity index (χ2n) is 3.54. The van der Waals surface area contributed by atoms with Crippen molar-refractivity contribution in [3.8, 4) is 0 Å². The highest BCUT2D eigenvalue weighted by Crippen LogP contribution is 2.12. The number of aliphatic carboxylic acids is 1. The number of rotatable bonds is 5. The van der Waals surface area contributed by atoms with Gasteiger partial charge in [-0.3, -0.25) is 9.59 Å². The Morgan fingerprint density at radius 2 is 1.88 bits per heavy atom. The number of carboxylic acids is 1. The predicted octanol–water partition coefficient (Wildman–Crippen LogP) is 2.39. The van der Waals surface area contributed by atoms with E-state index in [1.54, 1.807) is 24.3 Å². The van der Waals surface area contributed by atoms with Crippen LogP contribution in [0, 0.1) is 0 Å². The molecule has 0 spiro atoms. The smallest absolute Gasteiger partial charge is 0.305 e. The largest absolute Gasteiger partial charge is 0.481 e. The summed E-state index contributed by atoms with van der Waals surface area (Å²) >= 11 is 3.30. The van der Waals surface area contributed by atoms with E-state index in [1.807, 2.05) is 6.92 Å². The average Bonchev–Trinajstić information content (AvgIpc) is 2.30. The summed E-state index contributed by atoms with van der Waals surface area (Å²) in [7, 11) is 0. The van der Waals surface area contributed by atoms with Crippen molar-refractivity contribution in [2.45, 2.75) is 13.3 Å². The van der Waals surface area contributed by atoms with E-state index >= 15 is 0 Å². The van der Waals surface area contributed by atoms with Gasteiger partial charge < -0.3 is 10.0 Å². The van der Waals surface area contributed by atoms with Crippen LogP contribution in [0.5, 0.6) is 0 Å². The Hall–Kier alpha value is -1.36. The van der Waals surface area contributed by atoms with Crippen molar-refractivity contribution in [2.75, 3.05) is 13.1 Å². The quantitative estimate of drug-likeness (QED) is 0.908. The van der Waals surface area contributed by atoms with E-state index in [-0.39, 0.29) is 18.9 Å². The number of hydrogen-bond donors (Lipinski definition) is 1. The van der Waals surface area contributed by atoms with Gasteiger partial charge in [0, 0.05) is 23.1 Å². The normalized spacial score (nSPS) is 10.0. The molecule has 1 N–H and O–H groups in total. The van der Waals surface area contributed by atoms with Crippen LogP contribution in [0.4, 0.5) is 0 Å². The molecule has 1 aromatic carbocycles. The molecule has 92 valence electrons. The van der Waals surface area contributed by atoms with Crippen molar-refractivity contribution >= 4 is 27.8 Å². The number of benzene rings is 1. The molecule has 0 unspecified atom stereocenters. The minimum absolute atomic E-state index is 0.0316. The summed E-state index contributed by atoms with van der Waals surface area (Å²) in [5.41, 5.74) is 0.570.